The fraction of sp³-hybridized carbons (Fsp3) is 0.929. The third-order valence-electron chi connectivity index (χ3n) is 11.0. The molecule has 9 atom stereocenters. The molecule has 0 aromatic heterocycles. The van der Waals surface area contributed by atoms with Crippen molar-refractivity contribution in [3.63, 3.8) is 0 Å². The zero-order chi connectivity index (χ0) is 24.0. The number of fused-ring (bicyclic) bond motifs is 5. The molecule has 4 rings (SSSR count). The number of nitrogens with one attached hydrogen (secondary N) is 1. The van der Waals surface area contributed by atoms with Gasteiger partial charge < -0.3 is 10.8 Å². The highest BCUT2D eigenvalue weighted by molar-refractivity contribution is 7.80. The molecule has 4 nitrogen and oxygen atoms in total. The summed E-state index contributed by atoms with van der Waals surface area (Å²) in [4.78, 5) is 0. The lowest BCUT2D eigenvalue weighted by Gasteiger charge is -2.61. The molecule has 0 aromatic rings. The monoisotopic (exact) mass is 475 g/mol. The summed E-state index contributed by atoms with van der Waals surface area (Å²) < 4.78 is 0. The molecule has 4 saturated carbocycles. The Morgan fingerprint density at radius 2 is 1.79 bits per heavy atom. The van der Waals surface area contributed by atoms with E-state index in [-0.39, 0.29) is 16.6 Å². The van der Waals surface area contributed by atoms with Gasteiger partial charge in [-0.25, -0.2) is 0 Å². The Morgan fingerprint density at radius 1 is 1.09 bits per heavy atom. The van der Waals surface area contributed by atoms with Crippen molar-refractivity contribution in [3.8, 4) is 0 Å². The molecule has 0 amide bonds. The first kappa shape index (κ1) is 25.4. The van der Waals surface area contributed by atoms with E-state index in [2.05, 4.69) is 40.0 Å². The van der Waals surface area contributed by atoms with Crippen LogP contribution >= 0.6 is 12.2 Å². The number of hydrogen-bond acceptors (Lipinski definition) is 3. The average Bonchev–Trinajstić information content (AvgIpc) is 3.10. The molecular weight excluding hydrogens is 426 g/mol. The highest BCUT2D eigenvalue weighted by Gasteiger charge is 2.62. The number of nitrogens with two attached hydrogens (primary N) is 1. The Labute approximate surface area is 207 Å². The summed E-state index contributed by atoms with van der Waals surface area (Å²) in [5, 5.41) is 15.5. The topological polar surface area (TPSA) is 70.6 Å². The Morgan fingerprint density at radius 3 is 2.48 bits per heavy atom. The van der Waals surface area contributed by atoms with Crippen molar-refractivity contribution in [2.45, 2.75) is 111 Å². The Balaban J connectivity index is 1.57. The fourth-order valence-electron chi connectivity index (χ4n) is 9.32. The number of nitrogens with zero attached hydrogens (tertiary/aromatic N) is 1. The summed E-state index contributed by atoms with van der Waals surface area (Å²) in [7, 11) is 0. The minimum atomic E-state index is -0.203. The predicted octanol–water partition coefficient (Wildman–Crippen LogP) is 6.27. The summed E-state index contributed by atoms with van der Waals surface area (Å²) in [6, 6.07) is 0. The van der Waals surface area contributed by atoms with Crippen molar-refractivity contribution < 1.29 is 5.11 Å². The van der Waals surface area contributed by atoms with Crippen LogP contribution in [0.1, 0.15) is 105 Å². The molecule has 5 heteroatoms. The van der Waals surface area contributed by atoms with E-state index < -0.39 is 0 Å². The molecule has 0 aromatic carbocycles. The van der Waals surface area contributed by atoms with E-state index in [4.69, 9.17) is 23.1 Å². The molecule has 4 aliphatic rings. The molecule has 188 valence electrons. The van der Waals surface area contributed by atoms with E-state index in [0.29, 0.717) is 17.3 Å². The van der Waals surface area contributed by atoms with Crippen molar-refractivity contribution >= 4 is 23.0 Å². The minimum Gasteiger partial charge on any atom is -0.393 e. The van der Waals surface area contributed by atoms with Crippen LogP contribution in [0.25, 0.3) is 0 Å². The van der Waals surface area contributed by atoms with Gasteiger partial charge in [0.2, 0.25) is 0 Å². The van der Waals surface area contributed by atoms with Crippen LogP contribution in [0, 0.1) is 52.3 Å². The van der Waals surface area contributed by atoms with Crippen molar-refractivity contribution in [3.05, 3.63) is 0 Å². The summed E-state index contributed by atoms with van der Waals surface area (Å²) in [5.74, 6) is 5.12. The number of rotatable bonds is 6. The quantitative estimate of drug-likeness (QED) is 0.313. The van der Waals surface area contributed by atoms with Gasteiger partial charge in [-0.2, -0.15) is 5.10 Å². The molecule has 0 bridgehead atoms. The number of thiocarbonyl (C=S) groups is 1. The average molecular weight is 476 g/mol. The van der Waals surface area contributed by atoms with Gasteiger partial charge in [-0.05, 0) is 110 Å². The summed E-state index contributed by atoms with van der Waals surface area (Å²) in [6.07, 6.45) is 13.4. The summed E-state index contributed by atoms with van der Waals surface area (Å²) >= 11 is 5.07. The van der Waals surface area contributed by atoms with Gasteiger partial charge >= 0.3 is 0 Å². The second kappa shape index (κ2) is 9.76. The molecule has 4 fully saturated rings. The van der Waals surface area contributed by atoms with Crippen LogP contribution in [0.15, 0.2) is 5.10 Å². The first-order valence-corrected chi connectivity index (χ1v) is 14.3. The Kier molecular flexibility index (Phi) is 7.51. The molecule has 4 aliphatic carbocycles. The minimum absolute atomic E-state index is 0.203. The van der Waals surface area contributed by atoms with Gasteiger partial charge in [0.1, 0.15) is 0 Å². The number of aliphatic hydroxyl groups excluding tert-OH is 1. The van der Waals surface area contributed by atoms with Gasteiger partial charge in [0.05, 0.1) is 6.10 Å². The fourth-order valence-corrected chi connectivity index (χ4v) is 9.37. The van der Waals surface area contributed by atoms with Crippen LogP contribution in [0.3, 0.4) is 0 Å². The molecule has 0 radical (unpaired) electrons. The van der Waals surface area contributed by atoms with E-state index in [0.717, 1.165) is 55.3 Å². The first-order valence-electron chi connectivity index (χ1n) is 13.9. The van der Waals surface area contributed by atoms with Crippen molar-refractivity contribution in [2.24, 2.45) is 63.1 Å². The third kappa shape index (κ3) is 4.75. The number of hydrazone groups is 1. The van der Waals surface area contributed by atoms with Crippen LogP contribution in [-0.4, -0.2) is 22.0 Å². The second-order valence-corrected chi connectivity index (χ2v) is 13.6. The van der Waals surface area contributed by atoms with E-state index in [1.165, 1.54) is 50.7 Å². The second-order valence-electron chi connectivity index (χ2n) is 13.2. The SMILES string of the molecule is CC(C)CCC[C@@H](C)[C@H]1CC[C@H]2[C@@H]3C/C(=N\NC(N)=S)C4C[C@@H](O)CC[C@]4(C)[C@H]3CC[C@]12C. The Hall–Kier alpha value is -0.680. The molecule has 0 saturated heterocycles. The molecule has 0 heterocycles. The Bertz CT molecular complexity index is 753. The van der Waals surface area contributed by atoms with Crippen LogP contribution in [-0.2, 0) is 0 Å². The van der Waals surface area contributed by atoms with Crippen molar-refractivity contribution in [1.29, 1.82) is 0 Å². The van der Waals surface area contributed by atoms with Gasteiger partial charge in [-0.1, -0.05) is 53.9 Å². The van der Waals surface area contributed by atoms with Gasteiger partial charge in [-0.3, -0.25) is 5.43 Å². The normalized spacial score (nSPS) is 44.8. The lowest BCUT2D eigenvalue weighted by atomic mass is 9.44. The lowest BCUT2D eigenvalue weighted by molar-refractivity contribution is -0.0939. The number of hydrogen-bond donors (Lipinski definition) is 3. The smallest absolute Gasteiger partial charge is 0.184 e. The first-order chi connectivity index (χ1) is 15.6. The van der Waals surface area contributed by atoms with Gasteiger partial charge in [0.25, 0.3) is 0 Å². The molecule has 0 aliphatic heterocycles. The van der Waals surface area contributed by atoms with Gasteiger partial charge in [0.15, 0.2) is 5.11 Å². The molecule has 0 spiro atoms. The predicted molar refractivity (Wildman–Crippen MR) is 142 cm³/mol. The van der Waals surface area contributed by atoms with Crippen LogP contribution in [0.4, 0.5) is 0 Å². The zero-order valence-electron chi connectivity index (χ0n) is 21.8. The van der Waals surface area contributed by atoms with Gasteiger partial charge in [-0.15, -0.1) is 0 Å². The van der Waals surface area contributed by atoms with Gasteiger partial charge in [0, 0.05) is 11.6 Å². The summed E-state index contributed by atoms with van der Waals surface area (Å²) in [5.41, 5.74) is 10.6. The molecular formula is C28H49N3OS. The lowest BCUT2D eigenvalue weighted by Crippen LogP contribution is -2.57. The maximum absolute atomic E-state index is 10.5. The van der Waals surface area contributed by atoms with Crippen molar-refractivity contribution in [1.82, 2.24) is 5.43 Å². The van der Waals surface area contributed by atoms with Crippen LogP contribution < -0.4 is 11.2 Å². The maximum Gasteiger partial charge on any atom is 0.184 e. The zero-order valence-corrected chi connectivity index (χ0v) is 22.6. The third-order valence-corrected chi connectivity index (χ3v) is 11.1. The van der Waals surface area contributed by atoms with Crippen LogP contribution in [0.5, 0.6) is 0 Å². The van der Waals surface area contributed by atoms with E-state index >= 15 is 0 Å². The largest absolute Gasteiger partial charge is 0.393 e. The highest BCUT2D eigenvalue weighted by atomic mass is 32.1. The van der Waals surface area contributed by atoms with Crippen molar-refractivity contribution in [2.75, 3.05) is 0 Å². The molecule has 33 heavy (non-hydrogen) atoms. The standard InChI is InChI=1S/C28H49N3OS/c1-17(2)7-6-8-18(3)21-9-10-22-20-16-25(30-31-26(29)33)24-15-19(32)11-13-28(24,5)23(20)12-14-27(21,22)4/h17-24,32H,6-16H2,1-5H3,(H3,29,31,33)/b30-25+/t18-,19+,20+,21-,22+,23+,24?,27-,28-/m1/s1. The van der Waals surface area contributed by atoms with Crippen LogP contribution in [0.2, 0.25) is 0 Å². The number of aliphatic hydroxyl groups is 1. The van der Waals surface area contributed by atoms with E-state index in [9.17, 15) is 5.11 Å². The summed E-state index contributed by atoms with van der Waals surface area (Å²) in [6.45, 7) is 12.4. The van der Waals surface area contributed by atoms with E-state index in [1.54, 1.807) is 0 Å². The highest BCUT2D eigenvalue weighted by Crippen LogP contribution is 2.68. The van der Waals surface area contributed by atoms with E-state index in [1.807, 2.05) is 0 Å². The molecule has 1 unspecified atom stereocenters. The maximum atomic E-state index is 10.5. The molecule has 4 N–H and O–H groups in total.